The van der Waals surface area contributed by atoms with Gasteiger partial charge in [-0.05, 0) is 73.9 Å². The predicted octanol–water partition coefficient (Wildman–Crippen LogP) is 3.84. The molecule has 3 aromatic rings. The lowest BCUT2D eigenvalue weighted by Gasteiger charge is -2.30. The number of aryl methyl sites for hydroxylation is 2. The highest BCUT2D eigenvalue weighted by atomic mass is 16.5. The van der Waals surface area contributed by atoms with E-state index in [1.807, 2.05) is 67.6 Å². The number of carbonyl (C=O) groups is 1. The van der Waals surface area contributed by atoms with Crippen LogP contribution in [0.5, 0.6) is 11.5 Å². The molecule has 1 aromatic heterocycles. The molecule has 30 heavy (non-hydrogen) atoms. The first-order valence-electron chi connectivity index (χ1n) is 9.87. The van der Waals surface area contributed by atoms with Crippen LogP contribution in [0, 0.1) is 6.92 Å². The molecule has 0 radical (unpaired) electrons. The van der Waals surface area contributed by atoms with Gasteiger partial charge in [0.05, 0.1) is 18.8 Å². The standard InChI is InChI=1S/C24H27NO5/c1-17-3-12-23(29-17)20-6-10-22(11-7-20)30-21-8-4-19(5-9-21)13-14-24(15-26,16-27)25-18(2)28/h3-12,26-27H,13-16H2,1-2H3,(H,25,28). The Hall–Kier alpha value is -3.09. The normalized spacial score (nSPS) is 11.3. The van der Waals surface area contributed by atoms with Gasteiger partial charge in [0.2, 0.25) is 5.91 Å². The van der Waals surface area contributed by atoms with Crippen LogP contribution < -0.4 is 10.1 Å². The first-order chi connectivity index (χ1) is 14.4. The van der Waals surface area contributed by atoms with Gasteiger partial charge in [-0.15, -0.1) is 0 Å². The Kier molecular flexibility index (Phi) is 6.92. The van der Waals surface area contributed by atoms with Gasteiger partial charge >= 0.3 is 0 Å². The van der Waals surface area contributed by atoms with E-state index in [1.54, 1.807) is 0 Å². The van der Waals surface area contributed by atoms with Crippen molar-refractivity contribution in [3.8, 4) is 22.8 Å². The number of aliphatic hydroxyl groups is 2. The van der Waals surface area contributed by atoms with Crippen molar-refractivity contribution in [1.82, 2.24) is 5.32 Å². The van der Waals surface area contributed by atoms with Gasteiger partial charge in [0.25, 0.3) is 0 Å². The van der Waals surface area contributed by atoms with E-state index in [-0.39, 0.29) is 19.1 Å². The Morgan fingerprint density at radius 2 is 1.57 bits per heavy atom. The zero-order valence-electron chi connectivity index (χ0n) is 17.2. The predicted molar refractivity (Wildman–Crippen MR) is 114 cm³/mol. The number of benzene rings is 2. The van der Waals surface area contributed by atoms with Crippen LogP contribution in [0.15, 0.2) is 65.1 Å². The van der Waals surface area contributed by atoms with Gasteiger partial charge in [-0.1, -0.05) is 12.1 Å². The lowest BCUT2D eigenvalue weighted by atomic mass is 9.92. The molecule has 0 aliphatic heterocycles. The number of carbonyl (C=O) groups excluding carboxylic acids is 1. The van der Waals surface area contributed by atoms with Gasteiger partial charge in [-0.2, -0.15) is 0 Å². The molecule has 0 atom stereocenters. The maximum Gasteiger partial charge on any atom is 0.217 e. The first kappa shape index (κ1) is 21.6. The number of ether oxygens (including phenoxy) is 1. The molecule has 0 aliphatic carbocycles. The second kappa shape index (κ2) is 9.61. The van der Waals surface area contributed by atoms with Crippen molar-refractivity contribution in [3.63, 3.8) is 0 Å². The van der Waals surface area contributed by atoms with E-state index < -0.39 is 5.54 Å². The van der Waals surface area contributed by atoms with E-state index >= 15 is 0 Å². The number of furan rings is 1. The zero-order chi connectivity index (χ0) is 21.6. The third-order valence-electron chi connectivity index (χ3n) is 4.98. The largest absolute Gasteiger partial charge is 0.461 e. The average Bonchev–Trinajstić information content (AvgIpc) is 3.19. The molecule has 0 fully saturated rings. The van der Waals surface area contributed by atoms with Gasteiger partial charge in [-0.25, -0.2) is 0 Å². The summed E-state index contributed by atoms with van der Waals surface area (Å²) in [6.45, 7) is 2.64. The van der Waals surface area contributed by atoms with Crippen LogP contribution in [-0.4, -0.2) is 34.9 Å². The van der Waals surface area contributed by atoms with Gasteiger partial charge in [0.1, 0.15) is 23.0 Å². The SMILES string of the molecule is CC(=O)NC(CO)(CO)CCc1ccc(Oc2ccc(-c3ccc(C)o3)cc2)cc1. The van der Waals surface area contributed by atoms with Crippen molar-refractivity contribution in [2.24, 2.45) is 0 Å². The summed E-state index contributed by atoms with van der Waals surface area (Å²) in [5, 5.41) is 21.9. The van der Waals surface area contributed by atoms with Crippen molar-refractivity contribution in [2.75, 3.05) is 13.2 Å². The smallest absolute Gasteiger partial charge is 0.217 e. The average molecular weight is 409 g/mol. The highest BCUT2D eigenvalue weighted by molar-refractivity contribution is 5.73. The fourth-order valence-electron chi connectivity index (χ4n) is 3.24. The molecule has 0 saturated carbocycles. The van der Waals surface area contributed by atoms with Crippen LogP contribution in [-0.2, 0) is 11.2 Å². The maximum atomic E-state index is 11.4. The van der Waals surface area contributed by atoms with Crippen molar-refractivity contribution in [2.45, 2.75) is 32.2 Å². The van der Waals surface area contributed by atoms with E-state index in [2.05, 4.69) is 5.32 Å². The molecule has 3 rings (SSSR count). The fourth-order valence-corrected chi connectivity index (χ4v) is 3.24. The third kappa shape index (κ3) is 5.49. The van der Waals surface area contributed by atoms with Crippen LogP contribution in [0.2, 0.25) is 0 Å². The molecule has 1 heterocycles. The molecule has 0 bridgehead atoms. The summed E-state index contributed by atoms with van der Waals surface area (Å²) >= 11 is 0. The van der Waals surface area contributed by atoms with Crippen LogP contribution in [0.1, 0.15) is 24.7 Å². The van der Waals surface area contributed by atoms with Gasteiger partial charge in [0.15, 0.2) is 0 Å². The summed E-state index contributed by atoms with van der Waals surface area (Å²) < 4.78 is 11.5. The summed E-state index contributed by atoms with van der Waals surface area (Å²) in [4.78, 5) is 11.4. The van der Waals surface area contributed by atoms with Crippen LogP contribution >= 0.6 is 0 Å². The van der Waals surface area contributed by atoms with Crippen LogP contribution in [0.4, 0.5) is 0 Å². The number of aliphatic hydroxyl groups excluding tert-OH is 2. The van der Waals surface area contributed by atoms with E-state index in [1.165, 1.54) is 6.92 Å². The molecule has 1 amide bonds. The lowest BCUT2D eigenvalue weighted by molar-refractivity contribution is -0.122. The topological polar surface area (TPSA) is 91.9 Å². The second-order valence-electron chi connectivity index (χ2n) is 7.46. The molecule has 6 nitrogen and oxygen atoms in total. The number of amides is 1. The summed E-state index contributed by atoms with van der Waals surface area (Å²) in [6.07, 6.45) is 1.02. The number of rotatable bonds is 9. The highest BCUT2D eigenvalue weighted by Gasteiger charge is 2.29. The minimum atomic E-state index is -1.02. The fraction of sp³-hybridized carbons (Fsp3) is 0.292. The number of hydrogen-bond acceptors (Lipinski definition) is 5. The monoisotopic (exact) mass is 409 g/mol. The molecule has 158 valence electrons. The summed E-state index contributed by atoms with van der Waals surface area (Å²) in [5.74, 6) is 2.84. The van der Waals surface area contributed by atoms with Gasteiger partial charge in [0, 0.05) is 12.5 Å². The number of nitrogens with one attached hydrogen (secondary N) is 1. The summed E-state index contributed by atoms with van der Waals surface area (Å²) in [5.41, 5.74) is 0.985. The van der Waals surface area contributed by atoms with E-state index in [4.69, 9.17) is 9.15 Å². The Labute approximate surface area is 176 Å². The maximum absolute atomic E-state index is 11.4. The lowest BCUT2D eigenvalue weighted by Crippen LogP contribution is -2.53. The van der Waals surface area contributed by atoms with Crippen molar-refractivity contribution < 1.29 is 24.2 Å². The van der Waals surface area contributed by atoms with Crippen LogP contribution in [0.25, 0.3) is 11.3 Å². The van der Waals surface area contributed by atoms with Crippen molar-refractivity contribution >= 4 is 5.91 Å². The van der Waals surface area contributed by atoms with Crippen LogP contribution in [0.3, 0.4) is 0 Å². The van der Waals surface area contributed by atoms with E-state index in [0.717, 1.165) is 28.4 Å². The van der Waals surface area contributed by atoms with E-state index in [0.29, 0.717) is 18.6 Å². The summed E-state index contributed by atoms with van der Waals surface area (Å²) in [6, 6.07) is 19.2. The van der Waals surface area contributed by atoms with Crippen molar-refractivity contribution in [1.29, 1.82) is 0 Å². The summed E-state index contributed by atoms with van der Waals surface area (Å²) in [7, 11) is 0. The number of hydrogen-bond donors (Lipinski definition) is 3. The molecule has 0 unspecified atom stereocenters. The second-order valence-corrected chi connectivity index (χ2v) is 7.46. The molecule has 3 N–H and O–H groups in total. The molecular formula is C24H27NO5. The molecule has 0 aliphatic rings. The zero-order valence-corrected chi connectivity index (χ0v) is 17.2. The molecule has 0 spiro atoms. The van der Waals surface area contributed by atoms with Crippen molar-refractivity contribution in [3.05, 3.63) is 72.0 Å². The minimum absolute atomic E-state index is 0.282. The van der Waals surface area contributed by atoms with Gasteiger partial charge in [-0.3, -0.25) is 4.79 Å². The first-order valence-corrected chi connectivity index (χ1v) is 9.87. The molecule has 6 heteroatoms. The molecule has 2 aromatic carbocycles. The minimum Gasteiger partial charge on any atom is -0.461 e. The molecule has 0 saturated heterocycles. The van der Waals surface area contributed by atoms with Gasteiger partial charge < -0.3 is 24.7 Å². The Balaban J connectivity index is 1.59. The highest BCUT2D eigenvalue weighted by Crippen LogP contribution is 2.27. The quantitative estimate of drug-likeness (QED) is 0.499. The Morgan fingerprint density at radius 1 is 0.967 bits per heavy atom. The molecular weight excluding hydrogens is 382 g/mol. The Morgan fingerprint density at radius 3 is 2.07 bits per heavy atom. The van der Waals surface area contributed by atoms with E-state index in [9.17, 15) is 15.0 Å². The third-order valence-corrected chi connectivity index (χ3v) is 4.98. The Bertz CT molecular complexity index is 956.